The van der Waals surface area contributed by atoms with Gasteiger partial charge in [0, 0.05) is 50.0 Å². The van der Waals surface area contributed by atoms with Gasteiger partial charge in [-0.2, -0.15) is 9.97 Å². The molecule has 5 aliphatic rings. The first-order valence-electron chi connectivity index (χ1n) is 37.1. The Bertz CT molecular complexity index is 6100. The van der Waals surface area contributed by atoms with E-state index in [4.69, 9.17) is 45.3 Å². The lowest BCUT2D eigenvalue weighted by molar-refractivity contribution is 0.00578. The van der Waals surface area contributed by atoms with Gasteiger partial charge in [-0.25, -0.2) is 19.9 Å². The average molecular weight is 1440 g/mol. The molecule has 12 heteroatoms. The van der Waals surface area contributed by atoms with E-state index in [1.54, 1.807) is 0 Å². The fourth-order valence-electron chi connectivity index (χ4n) is 16.5. The molecule has 21 rings (SSSR count). The molecule has 0 amide bonds. The maximum atomic E-state index is 6.94. The third-order valence-corrected chi connectivity index (χ3v) is 22.5. The van der Waals surface area contributed by atoms with Crippen molar-refractivity contribution in [3.63, 3.8) is 0 Å². The number of hydrogen-bond acceptors (Lipinski definition) is 10. The van der Waals surface area contributed by atoms with Crippen molar-refractivity contribution < 1.29 is 18.8 Å². The molecule has 526 valence electrons. The van der Waals surface area contributed by atoms with E-state index in [0.717, 1.165) is 95.2 Å². The van der Waals surface area contributed by atoms with E-state index in [9.17, 15) is 0 Å². The fraction of sp³-hybridized carbons (Fsp3) is 0.0816. The van der Waals surface area contributed by atoms with Crippen LogP contribution in [0.15, 0.2) is 352 Å². The van der Waals surface area contributed by atoms with Crippen molar-refractivity contribution in [3.05, 3.63) is 402 Å². The van der Waals surface area contributed by atoms with Gasteiger partial charge < -0.3 is 18.8 Å². The first-order valence-corrected chi connectivity index (χ1v) is 37.5. The average Bonchev–Trinajstić information content (AvgIpc) is 1.51. The van der Waals surface area contributed by atoms with Gasteiger partial charge in [-0.1, -0.05) is 334 Å². The molecule has 0 N–H and O–H groups in total. The zero-order valence-corrected chi connectivity index (χ0v) is 61.5. The number of halogens is 1. The van der Waals surface area contributed by atoms with E-state index < -0.39 is 29.2 Å². The second-order valence-corrected chi connectivity index (χ2v) is 29.4. The standard InChI is InChI=1S/C46H29N3O.C31H27BO3.C21H14ClN3/c1-3-14-30(15-4-1)31-26-28-33(29-27-31)44-47-43(32-16-5-2-6-17-32)48-45(49-44)36-20-13-24-40-42(36)50-41-25-12-11-23-39(41)46(40)37-21-9-7-18-34(37)35-19-8-10-22-38(35)46;1-29(2)30(3,4)35-32(34-29)26-18-11-17-25-28(26)33-27-19-10-9-16-24(27)31(25)22-14-7-5-12-20(22)21-13-6-8-15-23(21)31;22-21-24-19(17-9-5-2-6-10-17)23-20(25-21)18-13-11-16(12-14-18)15-7-3-1-4-8-15/h1-29H;5-19H,1-4H3;1-14H. The maximum absolute atomic E-state index is 6.94. The lowest BCUT2D eigenvalue weighted by Gasteiger charge is -2.40. The van der Waals surface area contributed by atoms with Gasteiger partial charge in [0.1, 0.15) is 23.0 Å². The Kier molecular flexibility index (Phi) is 16.8. The van der Waals surface area contributed by atoms with Crippen LogP contribution in [0.2, 0.25) is 5.28 Å². The van der Waals surface area contributed by atoms with Crippen LogP contribution in [0.3, 0.4) is 0 Å². The first-order chi connectivity index (χ1) is 53.9. The molecule has 14 aromatic carbocycles. The van der Waals surface area contributed by atoms with Gasteiger partial charge in [-0.3, -0.25) is 0 Å². The summed E-state index contributed by atoms with van der Waals surface area (Å²) in [6.45, 7) is 8.35. The van der Waals surface area contributed by atoms with Crippen LogP contribution in [0.25, 0.3) is 101 Å². The van der Waals surface area contributed by atoms with Crippen LogP contribution in [-0.2, 0) is 20.1 Å². The minimum atomic E-state index is -0.571. The molecule has 110 heavy (non-hydrogen) atoms. The highest BCUT2D eigenvalue weighted by Crippen LogP contribution is 2.64. The number of aromatic nitrogens is 6. The Hall–Kier alpha value is -13.0. The SMILES string of the molecule is CC1(C)OB(c2cccc3c2Oc2ccccc2C32c3ccccc3-c3ccccc32)OC1(C)C.Clc1nc(-c2ccccc2)nc(-c2ccc(-c3ccccc3)cc2)n1.c1ccc(-c2ccc(-c3nc(-c4ccccc4)nc(-c4cccc5c4Oc4ccccc4C54c5ccccc5-c5ccccc54)n3)cc2)cc1. The number of fused-ring (bicyclic) bond motifs is 18. The normalized spacial score (nSPS) is 14.6. The lowest BCUT2D eigenvalue weighted by atomic mass is 9.64. The van der Waals surface area contributed by atoms with E-state index in [1.807, 2.05) is 109 Å². The molecule has 3 aliphatic heterocycles. The van der Waals surface area contributed by atoms with Crippen molar-refractivity contribution in [1.82, 2.24) is 29.9 Å². The molecule has 1 fully saturated rings. The van der Waals surface area contributed by atoms with Crippen molar-refractivity contribution in [2.45, 2.75) is 49.7 Å². The van der Waals surface area contributed by atoms with Crippen LogP contribution in [0, 0.1) is 0 Å². The summed E-state index contributed by atoms with van der Waals surface area (Å²) in [6, 6.07) is 122. The van der Waals surface area contributed by atoms with Gasteiger partial charge in [-0.05, 0) is 124 Å². The van der Waals surface area contributed by atoms with E-state index in [1.165, 1.54) is 50.1 Å². The highest BCUT2D eigenvalue weighted by atomic mass is 35.5. The largest absolute Gasteiger partial charge is 0.498 e. The first kappa shape index (κ1) is 67.6. The summed E-state index contributed by atoms with van der Waals surface area (Å²) in [5, 5.41) is 0.191. The molecule has 10 nitrogen and oxygen atoms in total. The van der Waals surface area contributed by atoms with Crippen LogP contribution in [0.5, 0.6) is 23.0 Å². The fourth-order valence-corrected chi connectivity index (χ4v) is 16.7. The molecule has 2 aromatic heterocycles. The Morgan fingerprint density at radius 2 is 0.509 bits per heavy atom. The van der Waals surface area contributed by atoms with E-state index in [0.29, 0.717) is 29.1 Å². The predicted molar refractivity (Wildman–Crippen MR) is 440 cm³/mol. The highest BCUT2D eigenvalue weighted by molar-refractivity contribution is 6.63. The zero-order chi connectivity index (χ0) is 74.1. The molecule has 1 saturated heterocycles. The van der Waals surface area contributed by atoms with E-state index in [-0.39, 0.29) is 5.28 Å². The molecule has 0 bridgehead atoms. The van der Waals surface area contributed by atoms with Gasteiger partial charge in [-0.15, -0.1) is 0 Å². The topological polar surface area (TPSA) is 114 Å². The monoisotopic (exact) mass is 1440 g/mol. The number of ether oxygens (including phenoxy) is 2. The van der Waals surface area contributed by atoms with Crippen molar-refractivity contribution >= 4 is 24.2 Å². The maximum Gasteiger partial charge on any atom is 0.498 e. The van der Waals surface area contributed by atoms with Crippen LogP contribution in [0.4, 0.5) is 0 Å². The molecule has 0 unspecified atom stereocenters. The number of hydrogen-bond donors (Lipinski definition) is 0. The van der Waals surface area contributed by atoms with Crippen molar-refractivity contribution in [3.8, 4) is 124 Å². The van der Waals surface area contributed by atoms with Crippen LogP contribution in [-0.4, -0.2) is 48.2 Å². The molecule has 2 aliphatic carbocycles. The van der Waals surface area contributed by atoms with Gasteiger partial charge in [0.05, 0.1) is 27.6 Å². The summed E-state index contributed by atoms with van der Waals surface area (Å²) in [6.07, 6.45) is 0. The summed E-state index contributed by atoms with van der Waals surface area (Å²) in [7, 11) is -0.510. The Morgan fingerprint density at radius 1 is 0.236 bits per heavy atom. The Balaban J connectivity index is 0.000000119. The van der Waals surface area contributed by atoms with Gasteiger partial charge in [0.25, 0.3) is 0 Å². The van der Waals surface area contributed by atoms with Crippen molar-refractivity contribution in [2.75, 3.05) is 0 Å². The quantitative estimate of drug-likeness (QED) is 0.136. The molecule has 2 spiro atoms. The third-order valence-electron chi connectivity index (χ3n) is 22.3. The zero-order valence-electron chi connectivity index (χ0n) is 60.8. The molecule has 0 saturated carbocycles. The molecule has 0 atom stereocenters. The minimum absolute atomic E-state index is 0.191. The Morgan fingerprint density at radius 3 is 0.918 bits per heavy atom. The van der Waals surface area contributed by atoms with E-state index in [2.05, 4.69) is 285 Å². The van der Waals surface area contributed by atoms with Gasteiger partial charge in [0.2, 0.25) is 5.28 Å². The minimum Gasteiger partial charge on any atom is -0.457 e. The summed E-state index contributed by atoms with van der Waals surface area (Å²) in [4.78, 5) is 28.4. The second-order valence-electron chi connectivity index (χ2n) is 29.0. The summed E-state index contributed by atoms with van der Waals surface area (Å²) in [5.74, 6) is 6.20. The number of rotatable bonds is 8. The van der Waals surface area contributed by atoms with Crippen molar-refractivity contribution in [1.29, 1.82) is 0 Å². The summed E-state index contributed by atoms with van der Waals surface area (Å²) >= 11 is 6.11. The van der Waals surface area contributed by atoms with Gasteiger partial charge in [0.15, 0.2) is 29.1 Å². The molecule has 16 aromatic rings. The predicted octanol–water partition coefficient (Wildman–Crippen LogP) is 23.0. The number of para-hydroxylation sites is 4. The smallest absolute Gasteiger partial charge is 0.457 e. The molecule has 5 heterocycles. The summed E-state index contributed by atoms with van der Waals surface area (Å²) < 4.78 is 26.6. The molecule has 0 radical (unpaired) electrons. The third kappa shape index (κ3) is 11.3. The number of nitrogens with zero attached hydrogens (tertiary/aromatic N) is 6. The Labute approximate surface area is 644 Å². The molecular weight excluding hydrogens is 1370 g/mol. The molecular formula is C98H70BClN6O4. The van der Waals surface area contributed by atoms with Gasteiger partial charge >= 0.3 is 7.12 Å². The van der Waals surface area contributed by atoms with Crippen LogP contribution < -0.4 is 14.9 Å². The lowest BCUT2D eigenvalue weighted by Crippen LogP contribution is -2.41. The number of benzene rings is 14. The van der Waals surface area contributed by atoms with Crippen LogP contribution >= 0.6 is 11.6 Å². The highest BCUT2D eigenvalue weighted by Gasteiger charge is 2.57. The van der Waals surface area contributed by atoms with Crippen molar-refractivity contribution in [2.24, 2.45) is 0 Å². The van der Waals surface area contributed by atoms with Crippen LogP contribution in [0.1, 0.15) is 72.2 Å². The van der Waals surface area contributed by atoms with E-state index >= 15 is 0 Å². The second kappa shape index (κ2) is 27.3. The summed E-state index contributed by atoms with van der Waals surface area (Å²) in [5.41, 5.74) is 22.7.